The Balaban J connectivity index is 3.80. The van der Waals surface area contributed by atoms with Crippen molar-refractivity contribution in [3.8, 4) is 0 Å². The minimum atomic E-state index is -0.620. The summed E-state index contributed by atoms with van der Waals surface area (Å²) in [5, 5.41) is 2.80. The lowest BCUT2D eigenvalue weighted by atomic mass is 10.1. The molecule has 0 radical (unpaired) electrons. The van der Waals surface area contributed by atoms with Crippen LogP contribution in [0, 0.1) is 0 Å². The number of primary amides is 1. The molecule has 6 heteroatoms. The maximum absolute atomic E-state index is 11.2. The Morgan fingerprint density at radius 3 is 2.44 bits per heavy atom. The highest BCUT2D eigenvalue weighted by atomic mass is 16.5. The van der Waals surface area contributed by atoms with Crippen molar-refractivity contribution in [2.45, 2.75) is 38.3 Å². The molecule has 2 unspecified atom stereocenters. The first kappa shape index (κ1) is 14.9. The minimum absolute atomic E-state index is 0.326. The lowest BCUT2D eigenvalue weighted by Crippen LogP contribution is -2.39. The molecule has 16 heavy (non-hydrogen) atoms. The number of ether oxygens (including phenoxy) is 1. The summed E-state index contributed by atoms with van der Waals surface area (Å²) < 4.78 is 4.76. The van der Waals surface area contributed by atoms with Gasteiger partial charge in [-0.1, -0.05) is 0 Å². The van der Waals surface area contributed by atoms with Crippen molar-refractivity contribution in [1.82, 2.24) is 5.32 Å². The van der Waals surface area contributed by atoms with E-state index in [0.717, 1.165) is 0 Å². The van der Waals surface area contributed by atoms with Crippen molar-refractivity contribution in [2.75, 3.05) is 13.7 Å². The monoisotopic (exact) mass is 231 g/mol. The van der Waals surface area contributed by atoms with Crippen LogP contribution in [0.4, 0.5) is 0 Å². The van der Waals surface area contributed by atoms with E-state index in [2.05, 4.69) is 5.32 Å². The Morgan fingerprint density at radius 1 is 1.38 bits per heavy atom. The summed E-state index contributed by atoms with van der Waals surface area (Å²) in [6.45, 7) is 2.06. The molecule has 0 aliphatic carbocycles. The van der Waals surface area contributed by atoms with Gasteiger partial charge in [0.15, 0.2) is 0 Å². The Labute approximate surface area is 95.7 Å². The van der Waals surface area contributed by atoms with Crippen molar-refractivity contribution in [3.63, 3.8) is 0 Å². The molecule has 1 amide bonds. The molecule has 94 valence electrons. The van der Waals surface area contributed by atoms with Gasteiger partial charge in [-0.3, -0.25) is 9.59 Å². The Morgan fingerprint density at radius 2 is 2.00 bits per heavy atom. The first-order chi connectivity index (χ1) is 7.52. The Hall–Kier alpha value is -1.14. The molecule has 0 rings (SSSR count). The van der Waals surface area contributed by atoms with Crippen LogP contribution in [0.25, 0.3) is 0 Å². The second-order valence-corrected chi connectivity index (χ2v) is 3.53. The summed E-state index contributed by atoms with van der Waals surface area (Å²) in [7, 11) is 1.67. The molecule has 0 aliphatic rings. The maximum atomic E-state index is 11.2. The number of hydrogen-bond donors (Lipinski definition) is 3. The number of amides is 1. The topological polar surface area (TPSA) is 107 Å². The van der Waals surface area contributed by atoms with Gasteiger partial charge in [-0.25, -0.2) is 0 Å². The quantitative estimate of drug-likeness (QED) is 0.470. The van der Waals surface area contributed by atoms with Crippen LogP contribution in [0.5, 0.6) is 0 Å². The van der Waals surface area contributed by atoms with E-state index in [-0.39, 0.29) is 6.04 Å². The van der Waals surface area contributed by atoms with Crippen LogP contribution >= 0.6 is 0 Å². The van der Waals surface area contributed by atoms with Gasteiger partial charge in [0.1, 0.15) is 6.04 Å². The second-order valence-electron chi connectivity index (χ2n) is 3.53. The fraction of sp³-hybridized carbons (Fsp3) is 0.800. The van der Waals surface area contributed by atoms with E-state index in [1.807, 2.05) is 0 Å². The number of nitrogens with two attached hydrogens (primary N) is 2. The first-order valence-corrected chi connectivity index (χ1v) is 5.41. The molecule has 6 nitrogen and oxygen atoms in total. The van der Waals surface area contributed by atoms with Gasteiger partial charge in [0.05, 0.1) is 12.6 Å². The SMILES string of the molecule is CCOC(=O)C(N)CCCC(NC)C(N)=O. The van der Waals surface area contributed by atoms with E-state index in [0.29, 0.717) is 25.9 Å². The van der Waals surface area contributed by atoms with Crippen LogP contribution in [0.2, 0.25) is 0 Å². The van der Waals surface area contributed by atoms with E-state index >= 15 is 0 Å². The molecule has 0 heterocycles. The third kappa shape index (κ3) is 5.67. The van der Waals surface area contributed by atoms with Gasteiger partial charge in [-0.15, -0.1) is 0 Å². The fourth-order valence-corrected chi connectivity index (χ4v) is 1.34. The number of hydrogen-bond acceptors (Lipinski definition) is 5. The molecule has 0 bridgehead atoms. The third-order valence-electron chi connectivity index (χ3n) is 2.29. The van der Waals surface area contributed by atoms with Gasteiger partial charge in [0.2, 0.25) is 5.91 Å². The number of nitrogens with one attached hydrogen (secondary N) is 1. The summed E-state index contributed by atoms with van der Waals surface area (Å²) >= 11 is 0. The molecule has 0 fully saturated rings. The molecule has 0 spiro atoms. The summed E-state index contributed by atoms with van der Waals surface area (Å²) in [5.41, 5.74) is 10.7. The first-order valence-electron chi connectivity index (χ1n) is 5.41. The van der Waals surface area contributed by atoms with Crippen LogP contribution in [0.3, 0.4) is 0 Å². The largest absolute Gasteiger partial charge is 0.465 e. The molecule has 0 aromatic heterocycles. The van der Waals surface area contributed by atoms with Crippen LogP contribution < -0.4 is 16.8 Å². The molecule has 0 aromatic rings. The normalized spacial score (nSPS) is 14.2. The van der Waals surface area contributed by atoms with Gasteiger partial charge in [0, 0.05) is 0 Å². The maximum Gasteiger partial charge on any atom is 0.322 e. The lowest BCUT2D eigenvalue weighted by molar-refractivity contribution is -0.144. The zero-order chi connectivity index (χ0) is 12.6. The number of esters is 1. The summed E-state index contributed by atoms with van der Waals surface area (Å²) in [6, 6.07) is -0.986. The number of likely N-dealkylation sites (N-methyl/N-ethyl adjacent to an activating group) is 1. The van der Waals surface area contributed by atoms with Crippen LogP contribution in [0.1, 0.15) is 26.2 Å². The van der Waals surface area contributed by atoms with Gasteiger partial charge in [-0.2, -0.15) is 0 Å². The molecule has 0 saturated carbocycles. The summed E-state index contributed by atoms with van der Waals surface area (Å²) in [6.07, 6.45) is 1.71. The van der Waals surface area contributed by atoms with Crippen molar-refractivity contribution in [3.05, 3.63) is 0 Å². The van der Waals surface area contributed by atoms with E-state index in [1.165, 1.54) is 0 Å². The molecule has 5 N–H and O–H groups in total. The van der Waals surface area contributed by atoms with Crippen LogP contribution in [-0.2, 0) is 14.3 Å². The molecule has 0 aromatic carbocycles. The highest BCUT2D eigenvalue weighted by Gasteiger charge is 2.16. The minimum Gasteiger partial charge on any atom is -0.465 e. The third-order valence-corrected chi connectivity index (χ3v) is 2.29. The molecule has 0 aliphatic heterocycles. The predicted molar refractivity (Wildman–Crippen MR) is 60.5 cm³/mol. The molecular formula is C10H21N3O3. The molecule has 0 saturated heterocycles. The van der Waals surface area contributed by atoms with Crippen molar-refractivity contribution >= 4 is 11.9 Å². The van der Waals surface area contributed by atoms with Crippen LogP contribution in [0.15, 0.2) is 0 Å². The number of carbonyl (C=O) groups is 2. The van der Waals surface area contributed by atoms with E-state index in [4.69, 9.17) is 16.2 Å². The van der Waals surface area contributed by atoms with E-state index in [1.54, 1.807) is 14.0 Å². The van der Waals surface area contributed by atoms with Crippen LogP contribution in [-0.4, -0.2) is 37.6 Å². The molecule has 2 atom stereocenters. The number of rotatable bonds is 8. The van der Waals surface area contributed by atoms with Gasteiger partial charge < -0.3 is 21.5 Å². The summed E-state index contributed by atoms with van der Waals surface area (Å²) in [5.74, 6) is -0.796. The zero-order valence-electron chi connectivity index (χ0n) is 9.86. The van der Waals surface area contributed by atoms with Crippen molar-refractivity contribution in [2.24, 2.45) is 11.5 Å². The second kappa shape index (κ2) is 8.06. The zero-order valence-corrected chi connectivity index (χ0v) is 9.86. The smallest absolute Gasteiger partial charge is 0.322 e. The average Bonchev–Trinajstić information content (AvgIpc) is 2.23. The Kier molecular flexibility index (Phi) is 7.49. The lowest BCUT2D eigenvalue weighted by Gasteiger charge is -2.14. The predicted octanol–water partition coefficient (Wildman–Crippen LogP) is -0.880. The summed E-state index contributed by atoms with van der Waals surface area (Å²) in [4.78, 5) is 22.0. The highest BCUT2D eigenvalue weighted by Crippen LogP contribution is 2.04. The highest BCUT2D eigenvalue weighted by molar-refractivity contribution is 5.79. The van der Waals surface area contributed by atoms with Gasteiger partial charge in [0.25, 0.3) is 0 Å². The standard InChI is InChI=1S/C10H21N3O3/c1-3-16-10(15)7(11)5-4-6-8(13-2)9(12)14/h7-8,13H,3-6,11H2,1-2H3,(H2,12,14). The Bertz CT molecular complexity index is 233. The van der Waals surface area contributed by atoms with E-state index < -0.39 is 17.9 Å². The van der Waals surface area contributed by atoms with E-state index in [9.17, 15) is 9.59 Å². The van der Waals surface area contributed by atoms with Gasteiger partial charge in [-0.05, 0) is 33.2 Å². The average molecular weight is 231 g/mol. The number of carbonyl (C=O) groups excluding carboxylic acids is 2. The van der Waals surface area contributed by atoms with Crippen molar-refractivity contribution in [1.29, 1.82) is 0 Å². The van der Waals surface area contributed by atoms with Gasteiger partial charge >= 0.3 is 5.97 Å². The molecular weight excluding hydrogens is 210 g/mol. The van der Waals surface area contributed by atoms with Crippen molar-refractivity contribution < 1.29 is 14.3 Å². The fourth-order valence-electron chi connectivity index (χ4n) is 1.34.